The first-order valence-corrected chi connectivity index (χ1v) is 5.80. The zero-order valence-electron chi connectivity index (χ0n) is 8.70. The maximum absolute atomic E-state index is 5.37. The van der Waals surface area contributed by atoms with Gasteiger partial charge in [-0.3, -0.25) is 0 Å². The highest BCUT2D eigenvalue weighted by atomic mass is 32.1. The van der Waals surface area contributed by atoms with E-state index in [9.17, 15) is 0 Å². The van der Waals surface area contributed by atoms with Crippen molar-refractivity contribution in [1.82, 2.24) is 4.90 Å². The van der Waals surface area contributed by atoms with Crippen LogP contribution in [0.25, 0.3) is 0 Å². The van der Waals surface area contributed by atoms with Crippen LogP contribution >= 0.6 is 12.6 Å². The molecule has 0 amide bonds. The molecule has 0 spiro atoms. The van der Waals surface area contributed by atoms with Gasteiger partial charge in [0, 0.05) is 19.2 Å². The number of thiol groups is 1. The molecule has 1 heterocycles. The molecule has 0 bridgehead atoms. The maximum atomic E-state index is 5.37. The van der Waals surface area contributed by atoms with Crippen LogP contribution in [0.2, 0.25) is 0 Å². The molecule has 2 nitrogen and oxygen atoms in total. The molecule has 1 aliphatic heterocycles. The minimum atomic E-state index is 0.647. The monoisotopic (exact) mass is 203 g/mol. The molecule has 3 heteroatoms. The molecule has 1 saturated heterocycles. The molecule has 1 aliphatic rings. The molecular formula is C10H21NOS. The number of hydrogen-bond acceptors (Lipinski definition) is 3. The molecule has 1 fully saturated rings. The van der Waals surface area contributed by atoms with Crippen LogP contribution in [0.3, 0.4) is 0 Å². The molecule has 2 unspecified atom stereocenters. The second kappa shape index (κ2) is 5.89. The van der Waals surface area contributed by atoms with Gasteiger partial charge in [0.2, 0.25) is 0 Å². The summed E-state index contributed by atoms with van der Waals surface area (Å²) < 4.78 is 5.37. The lowest BCUT2D eigenvalue weighted by Gasteiger charge is -2.26. The van der Waals surface area contributed by atoms with Gasteiger partial charge in [-0.15, -0.1) is 0 Å². The molecule has 0 aliphatic carbocycles. The summed E-state index contributed by atoms with van der Waals surface area (Å²) in [5.74, 6) is 1.72. The van der Waals surface area contributed by atoms with Gasteiger partial charge in [-0.2, -0.15) is 12.6 Å². The Morgan fingerprint density at radius 1 is 1.62 bits per heavy atom. The SMILES string of the molecule is CCC(CS)CN(C)C1CCOC1. The van der Waals surface area contributed by atoms with Crippen molar-refractivity contribution < 1.29 is 4.74 Å². The Bertz CT molecular complexity index is 133. The topological polar surface area (TPSA) is 12.5 Å². The van der Waals surface area contributed by atoms with E-state index in [4.69, 9.17) is 4.74 Å². The number of ether oxygens (including phenoxy) is 1. The predicted molar refractivity (Wildman–Crippen MR) is 59.5 cm³/mol. The van der Waals surface area contributed by atoms with Gasteiger partial charge in [0.15, 0.2) is 0 Å². The number of hydrogen-bond donors (Lipinski definition) is 1. The van der Waals surface area contributed by atoms with Crippen molar-refractivity contribution in [2.24, 2.45) is 5.92 Å². The molecule has 0 aromatic heterocycles. The van der Waals surface area contributed by atoms with Gasteiger partial charge in [-0.25, -0.2) is 0 Å². The average molecular weight is 203 g/mol. The number of likely N-dealkylation sites (N-methyl/N-ethyl adjacent to an activating group) is 1. The third-order valence-electron chi connectivity index (χ3n) is 2.91. The van der Waals surface area contributed by atoms with Crippen molar-refractivity contribution in [3.63, 3.8) is 0 Å². The van der Waals surface area contributed by atoms with Gasteiger partial charge < -0.3 is 9.64 Å². The van der Waals surface area contributed by atoms with E-state index >= 15 is 0 Å². The highest BCUT2D eigenvalue weighted by Crippen LogP contribution is 2.14. The molecule has 0 aromatic rings. The zero-order chi connectivity index (χ0) is 9.68. The standard InChI is InChI=1S/C10H21NOS/c1-3-9(8-13)6-11(2)10-4-5-12-7-10/h9-10,13H,3-8H2,1-2H3. The molecular weight excluding hydrogens is 182 g/mol. The van der Waals surface area contributed by atoms with Crippen LogP contribution in [0.1, 0.15) is 19.8 Å². The molecule has 0 N–H and O–H groups in total. The van der Waals surface area contributed by atoms with Gasteiger partial charge in [-0.1, -0.05) is 13.3 Å². The lowest BCUT2D eigenvalue weighted by atomic mass is 10.1. The fraction of sp³-hybridized carbons (Fsp3) is 1.00. The highest BCUT2D eigenvalue weighted by molar-refractivity contribution is 7.80. The summed E-state index contributed by atoms with van der Waals surface area (Å²) in [7, 11) is 2.20. The van der Waals surface area contributed by atoms with Crippen LogP contribution in [0.5, 0.6) is 0 Å². The summed E-state index contributed by atoms with van der Waals surface area (Å²) >= 11 is 4.35. The summed E-state index contributed by atoms with van der Waals surface area (Å²) in [5.41, 5.74) is 0. The quantitative estimate of drug-likeness (QED) is 0.682. The fourth-order valence-electron chi connectivity index (χ4n) is 1.74. The molecule has 2 atom stereocenters. The summed E-state index contributed by atoms with van der Waals surface area (Å²) in [6.07, 6.45) is 2.42. The van der Waals surface area contributed by atoms with Crippen LogP contribution in [-0.4, -0.2) is 43.5 Å². The van der Waals surface area contributed by atoms with Gasteiger partial charge in [0.05, 0.1) is 6.61 Å². The van der Waals surface area contributed by atoms with Crippen molar-refractivity contribution in [3.05, 3.63) is 0 Å². The van der Waals surface area contributed by atoms with Crippen LogP contribution in [0, 0.1) is 5.92 Å². The summed E-state index contributed by atoms with van der Waals surface area (Å²) in [6.45, 7) is 5.25. The third kappa shape index (κ3) is 3.49. The van der Waals surface area contributed by atoms with E-state index in [2.05, 4.69) is 31.5 Å². The first-order chi connectivity index (χ1) is 6.27. The summed E-state index contributed by atoms with van der Waals surface area (Å²) in [4.78, 5) is 2.43. The normalized spacial score (nSPS) is 25.4. The van der Waals surface area contributed by atoms with Crippen LogP contribution in [0.15, 0.2) is 0 Å². The number of nitrogens with zero attached hydrogens (tertiary/aromatic N) is 1. The molecule has 0 aromatic carbocycles. The van der Waals surface area contributed by atoms with Crippen LogP contribution in [0.4, 0.5) is 0 Å². The molecule has 0 saturated carbocycles. The summed E-state index contributed by atoms with van der Waals surface area (Å²) in [6, 6.07) is 0.647. The minimum absolute atomic E-state index is 0.647. The lowest BCUT2D eigenvalue weighted by Crippen LogP contribution is -2.36. The van der Waals surface area contributed by atoms with Gasteiger partial charge in [0.1, 0.15) is 0 Å². The number of rotatable bonds is 5. The Hall–Kier alpha value is 0.270. The summed E-state index contributed by atoms with van der Waals surface area (Å²) in [5, 5.41) is 0. The Balaban J connectivity index is 2.25. The third-order valence-corrected chi connectivity index (χ3v) is 3.43. The molecule has 1 rings (SSSR count). The van der Waals surface area contributed by atoms with E-state index in [1.807, 2.05) is 0 Å². The highest BCUT2D eigenvalue weighted by Gasteiger charge is 2.21. The average Bonchev–Trinajstić information content (AvgIpc) is 2.66. The van der Waals surface area contributed by atoms with E-state index in [-0.39, 0.29) is 0 Å². The Morgan fingerprint density at radius 2 is 2.38 bits per heavy atom. The minimum Gasteiger partial charge on any atom is -0.380 e. The second-order valence-electron chi connectivity index (χ2n) is 3.91. The first-order valence-electron chi connectivity index (χ1n) is 5.16. The lowest BCUT2D eigenvalue weighted by molar-refractivity contribution is 0.151. The maximum Gasteiger partial charge on any atom is 0.0622 e. The first kappa shape index (κ1) is 11.3. The van der Waals surface area contributed by atoms with Crippen molar-refractivity contribution >= 4 is 12.6 Å². The van der Waals surface area contributed by atoms with E-state index < -0.39 is 0 Å². The predicted octanol–water partition coefficient (Wildman–Crippen LogP) is 1.66. The van der Waals surface area contributed by atoms with E-state index in [1.165, 1.54) is 12.8 Å². The molecule has 78 valence electrons. The van der Waals surface area contributed by atoms with Crippen molar-refractivity contribution in [3.8, 4) is 0 Å². The smallest absolute Gasteiger partial charge is 0.0622 e. The van der Waals surface area contributed by atoms with Crippen LogP contribution in [-0.2, 0) is 4.74 Å². The van der Waals surface area contributed by atoms with E-state index in [0.29, 0.717) is 6.04 Å². The van der Waals surface area contributed by atoms with E-state index in [1.54, 1.807) is 0 Å². The van der Waals surface area contributed by atoms with E-state index in [0.717, 1.165) is 31.4 Å². The van der Waals surface area contributed by atoms with Crippen molar-refractivity contribution in [2.75, 3.05) is 32.6 Å². The largest absolute Gasteiger partial charge is 0.380 e. The van der Waals surface area contributed by atoms with Crippen molar-refractivity contribution in [2.45, 2.75) is 25.8 Å². The van der Waals surface area contributed by atoms with Crippen molar-refractivity contribution in [1.29, 1.82) is 0 Å². The molecule has 0 radical (unpaired) electrons. The van der Waals surface area contributed by atoms with Gasteiger partial charge in [-0.05, 0) is 25.1 Å². The Labute approximate surface area is 87.0 Å². The molecule has 13 heavy (non-hydrogen) atoms. The Morgan fingerprint density at radius 3 is 2.85 bits per heavy atom. The Kier molecular flexibility index (Phi) is 5.14. The fourth-order valence-corrected chi connectivity index (χ4v) is 2.12. The van der Waals surface area contributed by atoms with Gasteiger partial charge in [0.25, 0.3) is 0 Å². The second-order valence-corrected chi connectivity index (χ2v) is 4.28. The zero-order valence-corrected chi connectivity index (χ0v) is 9.59. The van der Waals surface area contributed by atoms with Gasteiger partial charge >= 0.3 is 0 Å². The van der Waals surface area contributed by atoms with Crippen LogP contribution < -0.4 is 0 Å².